The summed E-state index contributed by atoms with van der Waals surface area (Å²) in [5.74, 6) is 0.155. The smallest absolute Gasteiger partial charge is 0.167 e. The van der Waals surface area contributed by atoms with Crippen molar-refractivity contribution in [1.82, 2.24) is 0 Å². The van der Waals surface area contributed by atoms with E-state index in [0.717, 1.165) is 33.3 Å². The number of halogens is 1. The first-order chi connectivity index (χ1) is 11.2. The normalized spacial score (nSPS) is 13.6. The maximum Gasteiger partial charge on any atom is 0.167 e. The molecule has 0 aromatic heterocycles. The second kappa shape index (κ2) is 5.56. The third-order valence-corrected chi connectivity index (χ3v) is 4.31. The largest absolute Gasteiger partial charge is 0.355 e. The molecule has 1 N–H and O–H groups in total. The first-order valence-corrected chi connectivity index (χ1v) is 7.87. The maximum atomic E-state index is 12.3. The minimum Gasteiger partial charge on any atom is -0.355 e. The molecule has 0 aliphatic heterocycles. The Morgan fingerprint density at radius 1 is 0.870 bits per heavy atom. The fourth-order valence-electron chi connectivity index (χ4n) is 2.95. The van der Waals surface area contributed by atoms with Crippen LogP contribution >= 0.6 is 11.6 Å². The molecule has 112 valence electrons. The molecule has 0 saturated heterocycles. The molecule has 3 aromatic carbocycles. The molecule has 1 aliphatic rings. The summed E-state index contributed by atoms with van der Waals surface area (Å²) in [4.78, 5) is 12.3. The Morgan fingerprint density at radius 3 is 2.35 bits per heavy atom. The van der Waals surface area contributed by atoms with Gasteiger partial charge < -0.3 is 5.32 Å². The first kappa shape index (κ1) is 14.0. The van der Waals surface area contributed by atoms with Crippen molar-refractivity contribution in [2.75, 3.05) is 5.32 Å². The SMILES string of the molecule is O=C1CC=C(Nc2cccc(Cl)c2)c2cc3ccccc3cc21. The van der Waals surface area contributed by atoms with Crippen LogP contribution in [0.3, 0.4) is 0 Å². The van der Waals surface area contributed by atoms with Crippen molar-refractivity contribution in [3.63, 3.8) is 0 Å². The third-order valence-electron chi connectivity index (χ3n) is 4.07. The number of hydrogen-bond donors (Lipinski definition) is 1. The number of Topliss-reactive ketones (excluding diaryl/α,β-unsaturated/α-hetero) is 1. The van der Waals surface area contributed by atoms with Gasteiger partial charge >= 0.3 is 0 Å². The standard InChI is InChI=1S/C20H14ClNO/c21-15-6-3-7-16(12-15)22-19-8-9-20(23)18-11-14-5-2-1-4-13(14)10-17(18)19/h1-8,10-12,22H,9H2. The topological polar surface area (TPSA) is 29.1 Å². The molecule has 0 heterocycles. The lowest BCUT2D eigenvalue weighted by atomic mass is 9.90. The minimum atomic E-state index is 0.155. The van der Waals surface area contributed by atoms with E-state index in [1.54, 1.807) is 0 Å². The zero-order valence-corrected chi connectivity index (χ0v) is 13.1. The van der Waals surface area contributed by atoms with Crippen LogP contribution in [0.15, 0.2) is 66.7 Å². The zero-order chi connectivity index (χ0) is 15.8. The molecule has 23 heavy (non-hydrogen) atoms. The van der Waals surface area contributed by atoms with Crippen molar-refractivity contribution in [1.29, 1.82) is 0 Å². The number of fused-ring (bicyclic) bond motifs is 2. The molecule has 0 radical (unpaired) electrons. The second-order valence-corrected chi connectivity index (χ2v) is 6.06. The number of ketones is 1. The molecule has 0 bridgehead atoms. The lowest BCUT2D eigenvalue weighted by Crippen LogP contribution is -2.12. The molecule has 2 nitrogen and oxygen atoms in total. The second-order valence-electron chi connectivity index (χ2n) is 5.63. The van der Waals surface area contributed by atoms with E-state index in [2.05, 4.69) is 17.4 Å². The molecule has 3 aromatic rings. The van der Waals surface area contributed by atoms with Crippen LogP contribution in [0.25, 0.3) is 16.5 Å². The predicted octanol–water partition coefficient (Wildman–Crippen LogP) is 5.53. The Morgan fingerprint density at radius 2 is 1.61 bits per heavy atom. The van der Waals surface area contributed by atoms with Crippen molar-refractivity contribution >= 4 is 39.5 Å². The highest BCUT2D eigenvalue weighted by atomic mass is 35.5. The van der Waals surface area contributed by atoms with Gasteiger partial charge in [0.2, 0.25) is 0 Å². The Balaban J connectivity index is 1.81. The summed E-state index contributed by atoms with van der Waals surface area (Å²) in [6.07, 6.45) is 2.36. The predicted molar refractivity (Wildman–Crippen MR) is 95.9 cm³/mol. The Bertz CT molecular complexity index is 959. The van der Waals surface area contributed by atoms with E-state index in [0.29, 0.717) is 11.4 Å². The average molecular weight is 320 g/mol. The van der Waals surface area contributed by atoms with Crippen molar-refractivity contribution in [2.45, 2.75) is 6.42 Å². The third kappa shape index (κ3) is 2.62. The summed E-state index contributed by atoms with van der Waals surface area (Å²) in [7, 11) is 0. The first-order valence-electron chi connectivity index (χ1n) is 7.50. The van der Waals surface area contributed by atoms with Crippen LogP contribution < -0.4 is 5.32 Å². The van der Waals surface area contributed by atoms with Crippen LogP contribution in [-0.4, -0.2) is 5.78 Å². The van der Waals surface area contributed by atoms with Gasteiger partial charge in [0, 0.05) is 34.0 Å². The van der Waals surface area contributed by atoms with E-state index in [-0.39, 0.29) is 5.78 Å². The van der Waals surface area contributed by atoms with Crippen LogP contribution in [0.1, 0.15) is 22.3 Å². The highest BCUT2D eigenvalue weighted by Gasteiger charge is 2.20. The summed E-state index contributed by atoms with van der Waals surface area (Å²) >= 11 is 6.05. The van der Waals surface area contributed by atoms with E-state index in [4.69, 9.17) is 11.6 Å². The summed E-state index contributed by atoms with van der Waals surface area (Å²) in [6.45, 7) is 0. The van der Waals surface area contributed by atoms with Crippen molar-refractivity contribution in [3.8, 4) is 0 Å². The van der Waals surface area contributed by atoms with E-state index in [1.807, 2.05) is 54.6 Å². The van der Waals surface area contributed by atoms with E-state index in [9.17, 15) is 4.79 Å². The number of rotatable bonds is 2. The summed E-state index contributed by atoms with van der Waals surface area (Å²) in [5, 5.41) is 6.28. The van der Waals surface area contributed by atoms with Crippen molar-refractivity contribution in [3.05, 3.63) is 82.9 Å². The number of carbonyl (C=O) groups excluding carboxylic acids is 1. The molecule has 4 rings (SSSR count). The lowest BCUT2D eigenvalue weighted by Gasteiger charge is -2.19. The lowest BCUT2D eigenvalue weighted by molar-refractivity contribution is 0.0994. The molecule has 0 fully saturated rings. The summed E-state index contributed by atoms with van der Waals surface area (Å²) < 4.78 is 0. The highest BCUT2D eigenvalue weighted by Crippen LogP contribution is 2.31. The summed E-state index contributed by atoms with van der Waals surface area (Å²) in [5.41, 5.74) is 3.58. The quantitative estimate of drug-likeness (QED) is 0.672. The van der Waals surface area contributed by atoms with Crippen LogP contribution in [-0.2, 0) is 0 Å². The van der Waals surface area contributed by atoms with Crippen molar-refractivity contribution < 1.29 is 4.79 Å². The molecule has 3 heteroatoms. The maximum absolute atomic E-state index is 12.3. The number of nitrogens with one attached hydrogen (secondary N) is 1. The monoisotopic (exact) mass is 319 g/mol. The fourth-order valence-corrected chi connectivity index (χ4v) is 3.14. The number of anilines is 1. The molecule has 0 unspecified atom stereocenters. The Kier molecular flexibility index (Phi) is 3.40. The van der Waals surface area contributed by atoms with Crippen LogP contribution in [0, 0.1) is 0 Å². The van der Waals surface area contributed by atoms with Gasteiger partial charge in [-0.1, -0.05) is 48.0 Å². The number of benzene rings is 3. The van der Waals surface area contributed by atoms with Gasteiger partial charge in [-0.25, -0.2) is 0 Å². The Hall–Kier alpha value is -2.58. The highest BCUT2D eigenvalue weighted by molar-refractivity contribution is 6.30. The summed E-state index contributed by atoms with van der Waals surface area (Å²) in [6, 6.07) is 19.7. The average Bonchev–Trinajstić information content (AvgIpc) is 2.56. The van der Waals surface area contributed by atoms with Gasteiger partial charge in [0.25, 0.3) is 0 Å². The number of hydrogen-bond acceptors (Lipinski definition) is 2. The van der Waals surface area contributed by atoms with E-state index in [1.165, 1.54) is 0 Å². The molecule has 0 atom stereocenters. The molecule has 0 saturated carbocycles. The van der Waals surface area contributed by atoms with E-state index >= 15 is 0 Å². The van der Waals surface area contributed by atoms with Crippen LogP contribution in [0.4, 0.5) is 5.69 Å². The van der Waals surface area contributed by atoms with E-state index < -0.39 is 0 Å². The fraction of sp³-hybridized carbons (Fsp3) is 0.0500. The van der Waals surface area contributed by atoms with Gasteiger partial charge in [0.15, 0.2) is 5.78 Å². The molecular formula is C20H14ClNO. The van der Waals surface area contributed by atoms with Crippen LogP contribution in [0.5, 0.6) is 0 Å². The molecule has 0 spiro atoms. The van der Waals surface area contributed by atoms with Gasteiger partial charge in [-0.3, -0.25) is 4.79 Å². The Labute approximate surface area is 139 Å². The van der Waals surface area contributed by atoms with Crippen LogP contribution in [0.2, 0.25) is 5.02 Å². The molecule has 0 amide bonds. The number of allylic oxidation sites excluding steroid dienone is 1. The van der Waals surface area contributed by atoms with Gasteiger partial charge in [0.1, 0.15) is 0 Å². The van der Waals surface area contributed by atoms with Gasteiger partial charge in [0.05, 0.1) is 0 Å². The number of carbonyl (C=O) groups is 1. The molecule has 1 aliphatic carbocycles. The van der Waals surface area contributed by atoms with Gasteiger partial charge in [-0.15, -0.1) is 0 Å². The van der Waals surface area contributed by atoms with Crippen molar-refractivity contribution in [2.24, 2.45) is 0 Å². The zero-order valence-electron chi connectivity index (χ0n) is 12.3. The van der Waals surface area contributed by atoms with Gasteiger partial charge in [-0.05, 0) is 41.1 Å². The molecular weight excluding hydrogens is 306 g/mol. The minimum absolute atomic E-state index is 0.155. The van der Waals surface area contributed by atoms with Gasteiger partial charge in [-0.2, -0.15) is 0 Å².